The molecule has 1 unspecified atom stereocenters. The predicted molar refractivity (Wildman–Crippen MR) is 127 cm³/mol. The second kappa shape index (κ2) is 9.39. The summed E-state index contributed by atoms with van der Waals surface area (Å²) in [5, 5.41) is 13.2. The summed E-state index contributed by atoms with van der Waals surface area (Å²) >= 11 is 5.84. The lowest BCUT2D eigenvalue weighted by atomic mass is 10.2. The average Bonchev–Trinajstić information content (AvgIpc) is 3.28. The highest BCUT2D eigenvalue weighted by Crippen LogP contribution is 2.23. The van der Waals surface area contributed by atoms with Crippen molar-refractivity contribution in [3.8, 4) is 0 Å². The number of amides is 2. The quantitative estimate of drug-likeness (QED) is 0.384. The number of sulfonamides is 1. The average molecular weight is 515 g/mol. The molecule has 0 radical (unpaired) electrons. The second-order valence-corrected chi connectivity index (χ2v) is 9.70. The van der Waals surface area contributed by atoms with E-state index < -0.39 is 27.9 Å². The zero-order chi connectivity index (χ0) is 25.3. The molecular weight excluding hydrogens is 496 g/mol. The van der Waals surface area contributed by atoms with Gasteiger partial charge in [-0.05, 0) is 69.3 Å². The van der Waals surface area contributed by atoms with E-state index in [0.717, 1.165) is 5.01 Å². The van der Waals surface area contributed by atoms with E-state index in [0.29, 0.717) is 27.9 Å². The predicted octanol–water partition coefficient (Wildman–Crippen LogP) is 4.26. The summed E-state index contributed by atoms with van der Waals surface area (Å²) in [6.07, 6.45) is 0. The first-order chi connectivity index (χ1) is 16.5. The molecule has 1 N–H and O–H groups in total. The van der Waals surface area contributed by atoms with Gasteiger partial charge in [0.2, 0.25) is 0 Å². The lowest BCUT2D eigenvalue weighted by Crippen LogP contribution is -2.34. The van der Waals surface area contributed by atoms with Crippen LogP contribution in [0.5, 0.6) is 0 Å². The second-order valence-electron chi connectivity index (χ2n) is 7.58. The number of aryl methyl sites for hydroxylation is 2. The van der Waals surface area contributed by atoms with Gasteiger partial charge in [-0.25, -0.2) is 13.1 Å². The summed E-state index contributed by atoms with van der Waals surface area (Å²) in [7, 11) is -3.93. The Hall–Kier alpha value is -3.90. The number of hydrazone groups is 1. The maximum Gasteiger partial charge on any atom is 0.309 e. The molecule has 1 aromatic heterocycles. The Kier molecular flexibility index (Phi) is 6.50. The molecule has 0 aliphatic carbocycles. The lowest BCUT2D eigenvalue weighted by Gasteiger charge is -2.10. The van der Waals surface area contributed by atoms with Crippen LogP contribution in [0.25, 0.3) is 0 Å². The molecule has 3 aromatic rings. The van der Waals surface area contributed by atoms with Crippen molar-refractivity contribution in [3.63, 3.8) is 0 Å². The summed E-state index contributed by atoms with van der Waals surface area (Å²) < 4.78 is 32.6. The van der Waals surface area contributed by atoms with Crippen LogP contribution in [-0.2, 0) is 14.8 Å². The number of carbonyl (C=O) groups is 2. The van der Waals surface area contributed by atoms with Crippen molar-refractivity contribution in [2.75, 3.05) is 4.72 Å². The highest BCUT2D eigenvalue weighted by Gasteiger charge is 2.38. The highest BCUT2D eigenvalue weighted by molar-refractivity contribution is 7.92. The fourth-order valence-corrected chi connectivity index (χ4v) is 4.11. The van der Waals surface area contributed by atoms with Gasteiger partial charge in [0.05, 0.1) is 22.0 Å². The van der Waals surface area contributed by atoms with Crippen molar-refractivity contribution < 1.29 is 22.4 Å². The normalized spacial score (nSPS) is 16.1. The molecule has 2 aromatic carbocycles. The van der Waals surface area contributed by atoms with E-state index in [2.05, 4.69) is 25.0 Å². The molecule has 35 heavy (non-hydrogen) atoms. The van der Waals surface area contributed by atoms with Gasteiger partial charge >= 0.3 is 6.01 Å². The summed E-state index contributed by atoms with van der Waals surface area (Å²) in [5.41, 5.74) is 1.42. The number of azo groups is 1. The number of rotatable bonds is 6. The number of carbonyl (C=O) groups excluding carboxylic acids is 2. The molecule has 0 saturated carbocycles. The summed E-state index contributed by atoms with van der Waals surface area (Å²) in [6.45, 7) is 4.93. The molecule has 1 aliphatic heterocycles. The molecule has 1 atom stereocenters. The van der Waals surface area contributed by atoms with Crippen LogP contribution in [0.15, 0.2) is 73.2 Å². The van der Waals surface area contributed by atoms with Gasteiger partial charge in [-0.2, -0.15) is 25.3 Å². The van der Waals surface area contributed by atoms with Gasteiger partial charge in [-0.3, -0.25) is 9.59 Å². The van der Waals surface area contributed by atoms with Crippen LogP contribution in [-0.4, -0.2) is 42.0 Å². The molecule has 11 nitrogen and oxygen atoms in total. The van der Waals surface area contributed by atoms with Crippen molar-refractivity contribution in [1.82, 2.24) is 9.99 Å². The molecule has 0 saturated heterocycles. The number of nitrogens with one attached hydrogen (secondary N) is 1. The van der Waals surface area contributed by atoms with E-state index in [1.54, 1.807) is 20.8 Å². The van der Waals surface area contributed by atoms with Crippen molar-refractivity contribution >= 4 is 50.9 Å². The van der Waals surface area contributed by atoms with Gasteiger partial charge in [0.1, 0.15) is 5.76 Å². The first kappa shape index (κ1) is 24.2. The highest BCUT2D eigenvalue weighted by atomic mass is 35.5. The van der Waals surface area contributed by atoms with Gasteiger partial charge in [-0.15, -0.1) is 0 Å². The van der Waals surface area contributed by atoms with Crippen molar-refractivity contribution in [2.24, 2.45) is 15.3 Å². The number of imide groups is 1. The van der Waals surface area contributed by atoms with E-state index in [1.165, 1.54) is 48.5 Å². The Bertz CT molecular complexity index is 1440. The Labute approximate surface area is 205 Å². The van der Waals surface area contributed by atoms with Crippen LogP contribution in [0.1, 0.15) is 28.7 Å². The molecule has 1 aliphatic rings. The van der Waals surface area contributed by atoms with Gasteiger partial charge in [0.15, 0.2) is 6.04 Å². The summed E-state index contributed by atoms with van der Waals surface area (Å²) in [5.74, 6) is -0.750. The lowest BCUT2D eigenvalue weighted by molar-refractivity contribution is -0.127. The number of aromatic nitrogens is 1. The van der Waals surface area contributed by atoms with Crippen LogP contribution in [0.3, 0.4) is 0 Å². The maximum atomic E-state index is 12.7. The minimum absolute atomic E-state index is 0.0422. The molecule has 13 heteroatoms. The number of oxazole rings is 1. The summed E-state index contributed by atoms with van der Waals surface area (Å²) in [6, 6.07) is 10.4. The monoisotopic (exact) mass is 514 g/mol. The first-order valence-corrected chi connectivity index (χ1v) is 12.1. The SMILES string of the molecule is CC1=NN(C(=O)c2ccc(Cl)cc2)C(=O)C1N=Nc1ccc(S(=O)(=O)Nc2nc(C)c(C)o2)cc1. The largest absolute Gasteiger partial charge is 0.428 e. The number of hydrogen-bond donors (Lipinski definition) is 1. The molecule has 0 bridgehead atoms. The zero-order valence-corrected chi connectivity index (χ0v) is 20.3. The molecule has 0 fully saturated rings. The van der Waals surface area contributed by atoms with Crippen molar-refractivity contribution in [2.45, 2.75) is 31.7 Å². The van der Waals surface area contributed by atoms with E-state index in [-0.39, 0.29) is 16.5 Å². The topological polar surface area (TPSA) is 147 Å². The number of anilines is 1. The van der Waals surface area contributed by atoms with Crippen LogP contribution >= 0.6 is 11.6 Å². The van der Waals surface area contributed by atoms with E-state index in [1.807, 2.05) is 0 Å². The minimum Gasteiger partial charge on any atom is -0.428 e. The Morgan fingerprint density at radius 1 is 1.09 bits per heavy atom. The maximum absolute atomic E-state index is 12.7. The van der Waals surface area contributed by atoms with Gasteiger partial charge in [0, 0.05) is 10.6 Å². The van der Waals surface area contributed by atoms with Crippen molar-refractivity contribution in [1.29, 1.82) is 0 Å². The third-order valence-electron chi connectivity index (χ3n) is 5.07. The third kappa shape index (κ3) is 5.12. The van der Waals surface area contributed by atoms with E-state index >= 15 is 0 Å². The number of benzene rings is 2. The summed E-state index contributed by atoms with van der Waals surface area (Å²) in [4.78, 5) is 29.3. The molecule has 0 spiro atoms. The smallest absolute Gasteiger partial charge is 0.309 e. The van der Waals surface area contributed by atoms with Crippen LogP contribution in [0, 0.1) is 13.8 Å². The number of nitrogens with zero attached hydrogens (tertiary/aromatic N) is 5. The van der Waals surface area contributed by atoms with Gasteiger partial charge in [-0.1, -0.05) is 11.6 Å². The van der Waals surface area contributed by atoms with E-state index in [4.69, 9.17) is 16.0 Å². The fraction of sp³-hybridized carbons (Fsp3) is 0.182. The fourth-order valence-electron chi connectivity index (χ4n) is 3.06. The van der Waals surface area contributed by atoms with Crippen molar-refractivity contribution in [3.05, 3.63) is 70.6 Å². The van der Waals surface area contributed by atoms with Crippen LogP contribution in [0.4, 0.5) is 11.7 Å². The number of hydrogen-bond acceptors (Lipinski definition) is 9. The van der Waals surface area contributed by atoms with Crippen LogP contribution in [0.2, 0.25) is 5.02 Å². The molecule has 4 rings (SSSR count). The van der Waals surface area contributed by atoms with Gasteiger partial charge in [0.25, 0.3) is 21.8 Å². The van der Waals surface area contributed by atoms with E-state index in [9.17, 15) is 18.0 Å². The first-order valence-electron chi connectivity index (χ1n) is 10.2. The number of halogens is 1. The van der Waals surface area contributed by atoms with Gasteiger partial charge < -0.3 is 4.42 Å². The molecule has 2 amide bonds. The minimum atomic E-state index is -3.93. The third-order valence-corrected chi connectivity index (χ3v) is 6.65. The molecular formula is C22H19ClN6O5S. The Morgan fingerprint density at radius 2 is 1.74 bits per heavy atom. The zero-order valence-electron chi connectivity index (χ0n) is 18.8. The molecule has 2 heterocycles. The Morgan fingerprint density at radius 3 is 2.34 bits per heavy atom. The Balaban J connectivity index is 1.45. The molecule has 180 valence electrons. The van der Waals surface area contributed by atoms with Crippen LogP contribution < -0.4 is 4.72 Å². The standard InChI is InChI=1S/C22H19ClN6O5S/c1-12-14(3)34-22(24-12)28-35(32,33)18-10-8-17(9-11-18)25-26-19-13(2)27-29(21(19)31)20(30)15-4-6-16(23)7-5-15/h4-11,19H,1-3H3,(H,24,28).